The van der Waals surface area contributed by atoms with Crippen molar-refractivity contribution in [3.05, 3.63) is 22.7 Å². The van der Waals surface area contributed by atoms with Crippen LogP contribution in [-0.2, 0) is 14.8 Å². The summed E-state index contributed by atoms with van der Waals surface area (Å²) in [7, 11) is -1.63. The molecule has 0 heterocycles. The first kappa shape index (κ1) is 20.2. The number of nitrogens with zero attached hydrogens (tertiary/aromatic N) is 1. The van der Waals surface area contributed by atoms with E-state index in [0.29, 0.717) is 6.42 Å². The van der Waals surface area contributed by atoms with E-state index in [9.17, 15) is 18.0 Å². The first-order valence-electron chi connectivity index (χ1n) is 7.00. The van der Waals surface area contributed by atoms with Crippen LogP contribution in [-0.4, -0.2) is 57.0 Å². The highest BCUT2D eigenvalue weighted by molar-refractivity contribution is 7.89. The van der Waals surface area contributed by atoms with Crippen LogP contribution in [0.1, 0.15) is 23.7 Å². The van der Waals surface area contributed by atoms with Gasteiger partial charge in [-0.15, -0.1) is 0 Å². The highest BCUT2D eigenvalue weighted by Gasteiger charge is 2.31. The molecule has 0 spiro atoms. The van der Waals surface area contributed by atoms with Gasteiger partial charge < -0.3 is 15.2 Å². The topological polar surface area (TPSA) is 113 Å². The molecule has 24 heavy (non-hydrogen) atoms. The second-order valence-electron chi connectivity index (χ2n) is 4.80. The SMILES string of the molecule is CCCN(CC(=O)O)S(=O)(=O)c1cc(Cl)cc(C(=O)NC)c1OC. The maximum atomic E-state index is 12.8. The van der Waals surface area contributed by atoms with Crippen molar-refractivity contribution >= 4 is 33.5 Å². The normalized spacial score (nSPS) is 11.4. The average molecular weight is 379 g/mol. The molecule has 0 aliphatic rings. The molecule has 10 heteroatoms. The Kier molecular flexibility index (Phi) is 7.00. The predicted octanol–water partition coefficient (Wildman–Crippen LogP) is 1.19. The van der Waals surface area contributed by atoms with Gasteiger partial charge in [-0.3, -0.25) is 9.59 Å². The number of benzene rings is 1. The van der Waals surface area contributed by atoms with Gasteiger partial charge in [0.25, 0.3) is 5.91 Å². The van der Waals surface area contributed by atoms with Crippen LogP contribution in [0.15, 0.2) is 17.0 Å². The van der Waals surface area contributed by atoms with Crippen molar-refractivity contribution in [2.24, 2.45) is 0 Å². The Bertz CT molecular complexity index is 735. The molecule has 0 saturated carbocycles. The molecule has 1 rings (SSSR count). The number of ether oxygens (including phenoxy) is 1. The van der Waals surface area contributed by atoms with E-state index in [4.69, 9.17) is 21.4 Å². The van der Waals surface area contributed by atoms with Crippen LogP contribution >= 0.6 is 11.6 Å². The van der Waals surface area contributed by atoms with Crippen molar-refractivity contribution < 1.29 is 27.9 Å². The van der Waals surface area contributed by atoms with Crippen molar-refractivity contribution in [3.63, 3.8) is 0 Å². The van der Waals surface area contributed by atoms with E-state index in [1.807, 2.05) is 0 Å². The Morgan fingerprint density at radius 3 is 2.46 bits per heavy atom. The van der Waals surface area contributed by atoms with Crippen LogP contribution in [0.3, 0.4) is 0 Å². The number of carbonyl (C=O) groups excluding carboxylic acids is 1. The summed E-state index contributed by atoms with van der Waals surface area (Å²) in [5.41, 5.74) is -0.0575. The van der Waals surface area contributed by atoms with E-state index in [-0.39, 0.29) is 27.8 Å². The van der Waals surface area contributed by atoms with Gasteiger partial charge in [-0.1, -0.05) is 18.5 Å². The molecule has 1 aromatic carbocycles. The number of halogens is 1. The van der Waals surface area contributed by atoms with Gasteiger partial charge in [0, 0.05) is 18.6 Å². The highest BCUT2D eigenvalue weighted by atomic mass is 35.5. The third-order valence-corrected chi connectivity index (χ3v) is 5.17. The van der Waals surface area contributed by atoms with E-state index in [0.717, 1.165) is 10.4 Å². The van der Waals surface area contributed by atoms with E-state index in [2.05, 4.69) is 5.32 Å². The number of carbonyl (C=O) groups is 2. The Hall–Kier alpha value is -1.84. The van der Waals surface area contributed by atoms with Gasteiger partial charge in [-0.05, 0) is 18.6 Å². The fraction of sp³-hybridized carbons (Fsp3) is 0.429. The number of sulfonamides is 1. The first-order chi connectivity index (χ1) is 11.2. The molecule has 0 atom stereocenters. The molecule has 0 radical (unpaired) electrons. The number of carboxylic acid groups (broad SMARTS) is 1. The van der Waals surface area contributed by atoms with Crippen molar-refractivity contribution in [2.45, 2.75) is 18.2 Å². The van der Waals surface area contributed by atoms with Crippen molar-refractivity contribution in [3.8, 4) is 5.75 Å². The molecule has 134 valence electrons. The van der Waals surface area contributed by atoms with Crippen LogP contribution in [0.25, 0.3) is 0 Å². The number of aliphatic carboxylic acids is 1. The zero-order chi connectivity index (χ0) is 18.5. The quantitative estimate of drug-likeness (QED) is 0.702. The number of rotatable bonds is 8. The minimum absolute atomic E-state index is 0.000388. The fourth-order valence-electron chi connectivity index (χ4n) is 2.10. The molecule has 1 aromatic rings. The molecule has 0 aromatic heterocycles. The van der Waals surface area contributed by atoms with Crippen LogP contribution in [0.4, 0.5) is 0 Å². The molecule has 0 aliphatic carbocycles. The summed E-state index contributed by atoms with van der Waals surface area (Å²) >= 11 is 5.94. The van der Waals surface area contributed by atoms with E-state index < -0.39 is 28.4 Å². The summed E-state index contributed by atoms with van der Waals surface area (Å²) in [6.45, 7) is 1.01. The van der Waals surface area contributed by atoms with Crippen molar-refractivity contribution in [2.75, 3.05) is 27.2 Å². The van der Waals surface area contributed by atoms with Gasteiger partial charge in [0.1, 0.15) is 11.4 Å². The third-order valence-electron chi connectivity index (χ3n) is 3.10. The van der Waals surface area contributed by atoms with Gasteiger partial charge >= 0.3 is 5.97 Å². The van der Waals surface area contributed by atoms with Crippen molar-refractivity contribution in [1.82, 2.24) is 9.62 Å². The molecular weight excluding hydrogens is 360 g/mol. The lowest BCUT2D eigenvalue weighted by molar-refractivity contribution is -0.137. The maximum absolute atomic E-state index is 12.8. The minimum atomic E-state index is -4.22. The van der Waals surface area contributed by atoms with Gasteiger partial charge in [0.15, 0.2) is 5.75 Å². The second-order valence-corrected chi connectivity index (χ2v) is 7.14. The van der Waals surface area contributed by atoms with Gasteiger partial charge in [-0.2, -0.15) is 4.31 Å². The summed E-state index contributed by atoms with van der Waals surface area (Å²) in [6, 6.07) is 2.41. The Balaban J connectivity index is 3.59. The molecule has 0 bridgehead atoms. The average Bonchev–Trinajstić information content (AvgIpc) is 2.52. The minimum Gasteiger partial charge on any atom is -0.494 e. The Morgan fingerprint density at radius 2 is 2.00 bits per heavy atom. The van der Waals surface area contributed by atoms with E-state index in [1.54, 1.807) is 6.92 Å². The van der Waals surface area contributed by atoms with E-state index >= 15 is 0 Å². The summed E-state index contributed by atoms with van der Waals surface area (Å²) < 4.78 is 31.6. The molecular formula is C14H19ClN2O6S. The fourth-order valence-corrected chi connectivity index (χ4v) is 4.07. The number of hydrogen-bond donors (Lipinski definition) is 2. The smallest absolute Gasteiger partial charge is 0.318 e. The number of hydrogen-bond acceptors (Lipinski definition) is 5. The summed E-state index contributed by atoms with van der Waals surface area (Å²) in [5.74, 6) is -2.06. The summed E-state index contributed by atoms with van der Waals surface area (Å²) in [5, 5.41) is 11.3. The molecule has 1 amide bonds. The van der Waals surface area contributed by atoms with Crippen molar-refractivity contribution in [1.29, 1.82) is 0 Å². The molecule has 8 nitrogen and oxygen atoms in total. The lowest BCUT2D eigenvalue weighted by Crippen LogP contribution is -2.36. The lowest BCUT2D eigenvalue weighted by Gasteiger charge is -2.22. The number of amides is 1. The lowest BCUT2D eigenvalue weighted by atomic mass is 10.2. The predicted molar refractivity (Wildman–Crippen MR) is 88.1 cm³/mol. The molecule has 0 aliphatic heterocycles. The number of nitrogens with one attached hydrogen (secondary N) is 1. The number of carboxylic acids is 1. The summed E-state index contributed by atoms with van der Waals surface area (Å²) in [6.07, 6.45) is 0.414. The molecule has 0 unspecified atom stereocenters. The Labute approximate surface area is 145 Å². The molecule has 0 fully saturated rings. The van der Waals surface area contributed by atoms with Crippen LogP contribution in [0, 0.1) is 0 Å². The molecule has 0 saturated heterocycles. The highest BCUT2D eigenvalue weighted by Crippen LogP contribution is 2.33. The number of methoxy groups -OCH3 is 1. The van der Waals surface area contributed by atoms with E-state index in [1.165, 1.54) is 20.2 Å². The first-order valence-corrected chi connectivity index (χ1v) is 8.82. The monoisotopic (exact) mass is 378 g/mol. The van der Waals surface area contributed by atoms with Gasteiger partial charge in [0.2, 0.25) is 10.0 Å². The van der Waals surface area contributed by atoms with Crippen LogP contribution in [0.5, 0.6) is 5.75 Å². The zero-order valence-corrected chi connectivity index (χ0v) is 15.1. The van der Waals surface area contributed by atoms with Gasteiger partial charge in [0.05, 0.1) is 12.7 Å². The Morgan fingerprint density at radius 1 is 1.38 bits per heavy atom. The zero-order valence-electron chi connectivity index (χ0n) is 13.5. The van der Waals surface area contributed by atoms with Crippen LogP contribution in [0.2, 0.25) is 5.02 Å². The second kappa shape index (κ2) is 8.32. The largest absolute Gasteiger partial charge is 0.494 e. The van der Waals surface area contributed by atoms with Gasteiger partial charge in [-0.25, -0.2) is 8.42 Å². The maximum Gasteiger partial charge on any atom is 0.318 e. The molecule has 2 N–H and O–H groups in total. The third kappa shape index (κ3) is 4.37. The van der Waals surface area contributed by atoms with Crippen LogP contribution < -0.4 is 10.1 Å². The standard InChI is InChI=1S/C14H19ClN2O6S/c1-4-5-17(8-12(18)19)24(21,22)11-7-9(15)6-10(13(11)23-3)14(20)16-2/h6-7H,4-5,8H2,1-3H3,(H,16,20)(H,18,19). The summed E-state index contributed by atoms with van der Waals surface area (Å²) in [4.78, 5) is 22.6.